The largest absolute Gasteiger partial charge is 0.416 e. The third kappa shape index (κ3) is 11.6. The number of hydrogen-bond donors (Lipinski definition) is 2. The highest BCUT2D eigenvalue weighted by atomic mass is 31.2. The molecule has 0 aliphatic rings. The van der Waals surface area contributed by atoms with E-state index in [2.05, 4.69) is 31.4 Å². The van der Waals surface area contributed by atoms with Gasteiger partial charge in [-0.3, -0.25) is 0 Å². The van der Waals surface area contributed by atoms with E-state index in [1.807, 2.05) is 20.8 Å². The number of nitrogens with one attached hydrogen (secondary N) is 2. The fourth-order valence-corrected chi connectivity index (χ4v) is 8.37. The highest BCUT2D eigenvalue weighted by Gasteiger charge is 2.37. The number of benzene rings is 1. The van der Waals surface area contributed by atoms with Crippen molar-refractivity contribution in [3.63, 3.8) is 0 Å². The summed E-state index contributed by atoms with van der Waals surface area (Å²) in [5.74, 6) is 0. The Bertz CT molecular complexity index is 877. The number of unbranched alkanes of at least 4 members (excludes halogenated alkanes) is 3. The van der Waals surface area contributed by atoms with E-state index in [1.54, 1.807) is 0 Å². The van der Waals surface area contributed by atoms with Gasteiger partial charge in [0.1, 0.15) is 0 Å². The molecule has 0 saturated heterocycles. The van der Waals surface area contributed by atoms with Crippen molar-refractivity contribution in [2.75, 3.05) is 30.3 Å². The number of urea groups is 1. The van der Waals surface area contributed by atoms with Gasteiger partial charge in [-0.2, -0.15) is 26.3 Å². The maximum Gasteiger partial charge on any atom is 0.416 e. The lowest BCUT2D eigenvalue weighted by Crippen LogP contribution is -2.47. The zero-order chi connectivity index (χ0) is 29.2. The van der Waals surface area contributed by atoms with E-state index in [9.17, 15) is 31.1 Å². The number of hydrogen-bond acceptors (Lipinski definition) is 2. The van der Waals surface area contributed by atoms with Crippen LogP contribution in [0.5, 0.6) is 0 Å². The van der Waals surface area contributed by atoms with E-state index in [4.69, 9.17) is 4.74 Å². The van der Waals surface area contributed by atoms with Gasteiger partial charge in [-0.05, 0) is 68.4 Å². The fourth-order valence-electron chi connectivity index (χ4n) is 4.05. The van der Waals surface area contributed by atoms with Crippen LogP contribution in [0.25, 0.3) is 0 Å². The molecule has 0 aliphatic heterocycles. The third-order valence-corrected chi connectivity index (χ3v) is 10.8. The number of alkyl halides is 6. The van der Waals surface area contributed by atoms with Gasteiger partial charge in [0.25, 0.3) is 0 Å². The average molecular weight is 572 g/mol. The monoisotopic (exact) mass is 571 g/mol. The van der Waals surface area contributed by atoms with Crippen LogP contribution in [0.15, 0.2) is 22.9 Å². The van der Waals surface area contributed by atoms with Crippen LogP contribution in [-0.2, 0) is 12.4 Å². The van der Waals surface area contributed by atoms with E-state index in [0.29, 0.717) is 18.7 Å². The molecular weight excluding hydrogens is 527 g/mol. The molecular formula is C27H44F6N3OP. The van der Waals surface area contributed by atoms with E-state index in [0.717, 1.165) is 57.0 Å². The number of carbonyl (C=O) groups is 1. The average Bonchev–Trinajstić information content (AvgIpc) is 2.80. The Labute approximate surface area is 223 Å². The third-order valence-electron chi connectivity index (χ3n) is 6.54. The van der Waals surface area contributed by atoms with Crippen LogP contribution < -0.4 is 10.6 Å². The van der Waals surface area contributed by atoms with Gasteiger partial charge >= 0.3 is 18.4 Å². The minimum absolute atomic E-state index is 0.0338. The summed E-state index contributed by atoms with van der Waals surface area (Å²) in [6.07, 6.45) is -0.402. The Morgan fingerprint density at radius 3 is 1.58 bits per heavy atom. The number of halogens is 6. The zero-order valence-corrected chi connectivity index (χ0v) is 24.3. The summed E-state index contributed by atoms with van der Waals surface area (Å²) in [4.78, 5) is 12.8. The molecule has 4 nitrogen and oxygen atoms in total. The van der Waals surface area contributed by atoms with Crippen molar-refractivity contribution in [3.8, 4) is 0 Å². The van der Waals surface area contributed by atoms with Gasteiger partial charge in [-0.1, -0.05) is 60.8 Å². The molecule has 0 saturated carbocycles. The first-order valence-corrected chi connectivity index (χ1v) is 15.7. The maximum atomic E-state index is 13.2. The van der Waals surface area contributed by atoms with Crippen molar-refractivity contribution in [2.45, 2.75) is 98.5 Å². The van der Waals surface area contributed by atoms with E-state index >= 15 is 0 Å². The van der Waals surface area contributed by atoms with E-state index in [1.165, 1.54) is 0 Å². The summed E-state index contributed by atoms with van der Waals surface area (Å²) < 4.78 is 84.5. The molecule has 11 heteroatoms. The second-order valence-corrected chi connectivity index (χ2v) is 14.8. The van der Waals surface area contributed by atoms with Gasteiger partial charge in [-0.15, -0.1) is 0 Å². The number of nitrogens with zero attached hydrogens (tertiary/aromatic N) is 1. The van der Waals surface area contributed by atoms with Gasteiger partial charge < -0.3 is 15.4 Å². The highest BCUT2D eigenvalue weighted by molar-refractivity contribution is 7.66. The van der Waals surface area contributed by atoms with Crippen molar-refractivity contribution >= 4 is 18.8 Å². The first-order valence-electron chi connectivity index (χ1n) is 13.4. The predicted octanol–water partition coefficient (Wildman–Crippen LogP) is 9.86. The topological polar surface area (TPSA) is 53.5 Å². The predicted molar refractivity (Wildman–Crippen MR) is 145 cm³/mol. The number of carbonyl (C=O) groups excluding carboxylic acids is 1. The summed E-state index contributed by atoms with van der Waals surface area (Å²) >= 11 is 0. The molecule has 0 bridgehead atoms. The molecule has 0 aliphatic carbocycles. The van der Waals surface area contributed by atoms with Gasteiger partial charge in [0.05, 0.1) is 23.7 Å². The van der Waals surface area contributed by atoms with Gasteiger partial charge in [0, 0.05) is 5.69 Å². The Kier molecular flexibility index (Phi) is 13.2. The van der Waals surface area contributed by atoms with Crippen LogP contribution in [0.4, 0.5) is 36.8 Å². The van der Waals surface area contributed by atoms with Crippen LogP contribution in [0, 0.1) is 5.41 Å². The SMILES string of the molecule is CCCCP(CCCC)(CCCC)=NCC(NC(=O)Nc1cc(C(F)(F)F)cc(C(F)(F)F)c1)C(C)(C)C. The molecule has 1 unspecified atom stereocenters. The Balaban J connectivity index is 3.27. The molecule has 0 heterocycles. The normalized spacial score (nSPS) is 13.8. The summed E-state index contributed by atoms with van der Waals surface area (Å²) in [7, 11) is -1.63. The Morgan fingerprint density at radius 1 is 0.816 bits per heavy atom. The van der Waals surface area contributed by atoms with Crippen molar-refractivity contribution in [1.82, 2.24) is 5.32 Å². The number of amides is 2. The van der Waals surface area contributed by atoms with Gasteiger partial charge in [0.15, 0.2) is 0 Å². The molecule has 2 N–H and O–H groups in total. The van der Waals surface area contributed by atoms with Crippen LogP contribution in [0.1, 0.15) is 91.2 Å². The van der Waals surface area contributed by atoms with E-state index in [-0.39, 0.29) is 6.07 Å². The molecule has 1 atom stereocenters. The smallest absolute Gasteiger partial charge is 0.333 e. The van der Waals surface area contributed by atoms with Crippen molar-refractivity contribution in [3.05, 3.63) is 29.3 Å². The van der Waals surface area contributed by atoms with E-state index < -0.39 is 53.7 Å². The van der Waals surface area contributed by atoms with Crippen molar-refractivity contribution < 1.29 is 31.1 Å². The zero-order valence-electron chi connectivity index (χ0n) is 23.5. The van der Waals surface area contributed by atoms with Gasteiger partial charge in [0.2, 0.25) is 0 Å². The van der Waals surface area contributed by atoms with Crippen LogP contribution in [-0.4, -0.2) is 37.1 Å². The summed E-state index contributed by atoms with van der Waals surface area (Å²) in [5.41, 5.74) is -3.99. The molecule has 0 fully saturated rings. The summed E-state index contributed by atoms with van der Waals surface area (Å²) in [6, 6.07) is -0.289. The second-order valence-electron chi connectivity index (χ2n) is 11.0. The molecule has 0 spiro atoms. The van der Waals surface area contributed by atoms with Crippen LogP contribution in [0.3, 0.4) is 0 Å². The summed E-state index contributed by atoms with van der Waals surface area (Å²) in [5, 5.41) is 4.96. The van der Waals surface area contributed by atoms with Crippen molar-refractivity contribution in [2.24, 2.45) is 10.2 Å². The Hall–Kier alpha value is -1.70. The highest BCUT2D eigenvalue weighted by Crippen LogP contribution is 2.52. The molecule has 1 aromatic rings. The number of rotatable bonds is 13. The lowest BCUT2D eigenvalue weighted by atomic mass is 9.87. The molecule has 1 aromatic carbocycles. The minimum Gasteiger partial charge on any atom is -0.333 e. The standard InChI is InChI=1S/C27H44F6N3OP/c1-7-10-13-38(14-11-8-2,15-12-9-3)34-19-23(25(4,5)6)36-24(37)35-22-17-20(26(28,29)30)16-21(18-22)27(31,32)33/h16-18,23H,7-15,19H2,1-6H3,(H2,35,36,37). The van der Waals surface area contributed by atoms with Crippen LogP contribution >= 0.6 is 7.05 Å². The van der Waals surface area contributed by atoms with Crippen LogP contribution in [0.2, 0.25) is 0 Å². The molecule has 1 rings (SSSR count). The first-order chi connectivity index (χ1) is 17.5. The second kappa shape index (κ2) is 14.6. The fraction of sp³-hybridized carbons (Fsp3) is 0.741. The van der Waals surface area contributed by atoms with Gasteiger partial charge in [-0.25, -0.2) is 4.79 Å². The molecule has 220 valence electrons. The molecule has 0 radical (unpaired) electrons. The molecule has 2 amide bonds. The lowest BCUT2D eigenvalue weighted by Gasteiger charge is -2.33. The lowest BCUT2D eigenvalue weighted by molar-refractivity contribution is -0.143. The summed E-state index contributed by atoms with van der Waals surface area (Å²) in [6.45, 7) is 12.6. The minimum atomic E-state index is -5.00. The molecule has 38 heavy (non-hydrogen) atoms. The Morgan fingerprint density at radius 2 is 1.24 bits per heavy atom. The quantitative estimate of drug-likeness (QED) is 0.180. The van der Waals surface area contributed by atoms with Crippen molar-refractivity contribution in [1.29, 1.82) is 0 Å². The maximum absolute atomic E-state index is 13.2. The molecule has 0 aromatic heterocycles. The first kappa shape index (κ1) is 34.3. The number of anilines is 1.